The summed E-state index contributed by atoms with van der Waals surface area (Å²) in [6.07, 6.45) is -4.43. The number of hydrogen-bond donors (Lipinski definition) is 2. The zero-order chi connectivity index (χ0) is 26.2. The van der Waals surface area contributed by atoms with Gasteiger partial charge in [-0.05, 0) is 50.5 Å². The van der Waals surface area contributed by atoms with Crippen LogP contribution in [0.15, 0.2) is 24.3 Å². The van der Waals surface area contributed by atoms with Crippen LogP contribution in [-0.2, 0) is 0 Å². The molecule has 0 aliphatic carbocycles. The van der Waals surface area contributed by atoms with Crippen molar-refractivity contribution in [1.29, 1.82) is 5.26 Å². The first-order valence-corrected chi connectivity index (χ1v) is 11.6. The van der Waals surface area contributed by atoms with Crippen LogP contribution in [0.1, 0.15) is 53.1 Å². The van der Waals surface area contributed by atoms with Crippen molar-refractivity contribution in [3.05, 3.63) is 51.9 Å². The maximum atomic E-state index is 13.1. The van der Waals surface area contributed by atoms with Crippen LogP contribution < -0.4 is 10.2 Å². The number of anilines is 2. The van der Waals surface area contributed by atoms with E-state index in [1.807, 2.05) is 26.0 Å². The fourth-order valence-electron chi connectivity index (χ4n) is 4.39. The molecule has 1 aliphatic heterocycles. The summed E-state index contributed by atoms with van der Waals surface area (Å²) in [5.41, 5.74) is 2.50. The van der Waals surface area contributed by atoms with Crippen LogP contribution in [0.25, 0.3) is 11.0 Å². The summed E-state index contributed by atoms with van der Waals surface area (Å²) in [6, 6.07) is 8.18. The number of hydrogen-bond acceptors (Lipinski definition) is 7. The second-order valence-electron chi connectivity index (χ2n) is 8.73. The van der Waals surface area contributed by atoms with Crippen molar-refractivity contribution in [1.82, 2.24) is 15.0 Å². The Hall–Kier alpha value is -3.65. The van der Waals surface area contributed by atoms with Gasteiger partial charge in [0.25, 0.3) is 0 Å². The molecular formula is C24H22ClF3N6O2. The predicted octanol–water partition coefficient (Wildman–Crippen LogP) is 5.51. The number of aryl methyl sites for hydroxylation is 1. The van der Waals surface area contributed by atoms with Gasteiger partial charge in [-0.25, -0.2) is 19.7 Å². The minimum atomic E-state index is -4.25. The van der Waals surface area contributed by atoms with E-state index in [0.717, 1.165) is 5.56 Å². The van der Waals surface area contributed by atoms with Gasteiger partial charge in [-0.3, -0.25) is 0 Å². The molecule has 188 valence electrons. The largest absolute Gasteiger partial charge is 0.476 e. The van der Waals surface area contributed by atoms with Crippen LogP contribution in [0.3, 0.4) is 0 Å². The Morgan fingerprint density at radius 2 is 1.94 bits per heavy atom. The number of fused-ring (bicyclic) bond motifs is 1. The molecule has 36 heavy (non-hydrogen) atoms. The molecule has 3 aromatic rings. The Kier molecular flexibility index (Phi) is 6.91. The molecule has 1 atom stereocenters. The van der Waals surface area contributed by atoms with E-state index in [1.165, 1.54) is 12.1 Å². The molecule has 1 fully saturated rings. The van der Waals surface area contributed by atoms with E-state index in [4.69, 9.17) is 16.6 Å². The van der Waals surface area contributed by atoms with Crippen molar-refractivity contribution in [3.8, 4) is 6.07 Å². The second-order valence-corrected chi connectivity index (χ2v) is 9.12. The molecular weight excluding hydrogens is 497 g/mol. The lowest BCUT2D eigenvalue weighted by Crippen LogP contribution is -2.39. The van der Waals surface area contributed by atoms with Crippen LogP contribution in [0.2, 0.25) is 5.15 Å². The number of benzene rings is 1. The molecule has 0 unspecified atom stereocenters. The lowest BCUT2D eigenvalue weighted by atomic mass is 9.96. The zero-order valence-electron chi connectivity index (χ0n) is 19.4. The van der Waals surface area contributed by atoms with Crippen molar-refractivity contribution in [2.24, 2.45) is 5.92 Å². The molecule has 1 saturated heterocycles. The van der Waals surface area contributed by atoms with Crippen molar-refractivity contribution >= 4 is 40.1 Å². The average Bonchev–Trinajstić information content (AvgIpc) is 2.83. The number of aromatic nitrogens is 3. The minimum absolute atomic E-state index is 0.0418. The van der Waals surface area contributed by atoms with Gasteiger partial charge in [-0.2, -0.15) is 18.4 Å². The van der Waals surface area contributed by atoms with Gasteiger partial charge in [-0.15, -0.1) is 0 Å². The fourth-order valence-corrected chi connectivity index (χ4v) is 4.54. The minimum Gasteiger partial charge on any atom is -0.476 e. The number of nitrogens with zero attached hydrogens (tertiary/aromatic N) is 5. The quantitative estimate of drug-likeness (QED) is 0.425. The summed E-state index contributed by atoms with van der Waals surface area (Å²) >= 11 is 5.85. The molecule has 4 rings (SSSR count). The molecule has 0 bridgehead atoms. The Balaban J connectivity index is 1.73. The number of carboxylic acid groups (broad SMARTS) is 1. The number of piperidine rings is 1. The van der Waals surface area contributed by atoms with Crippen molar-refractivity contribution in [2.75, 3.05) is 23.3 Å². The molecule has 1 aliphatic rings. The summed E-state index contributed by atoms with van der Waals surface area (Å²) in [5.74, 6) is -2.39. The van der Waals surface area contributed by atoms with E-state index < -0.39 is 24.1 Å². The summed E-state index contributed by atoms with van der Waals surface area (Å²) in [6.45, 7) is 3.87. The van der Waals surface area contributed by atoms with Crippen LogP contribution >= 0.6 is 11.6 Å². The number of rotatable bonds is 5. The molecule has 12 heteroatoms. The topological polar surface area (TPSA) is 115 Å². The highest BCUT2D eigenvalue weighted by Crippen LogP contribution is 2.36. The first kappa shape index (κ1) is 25.4. The van der Waals surface area contributed by atoms with Crippen molar-refractivity contribution < 1.29 is 23.1 Å². The first-order chi connectivity index (χ1) is 17.0. The third-order valence-corrected chi connectivity index (χ3v) is 6.40. The van der Waals surface area contributed by atoms with E-state index in [1.54, 1.807) is 11.0 Å². The molecule has 8 nitrogen and oxygen atoms in total. The van der Waals surface area contributed by atoms with E-state index in [-0.39, 0.29) is 54.0 Å². The molecule has 0 amide bonds. The SMILES string of the molecule is Cc1cc([C@@H](C)Nc2ccc(Cl)nc2C(=O)O)c2nc(N3CCC(C(F)(F)F)CC3)c(C#N)nc2c1. The second kappa shape index (κ2) is 9.78. The van der Waals surface area contributed by atoms with Crippen LogP contribution in [0.4, 0.5) is 24.7 Å². The van der Waals surface area contributed by atoms with Gasteiger partial charge in [0.15, 0.2) is 17.2 Å². The number of nitrogens with one attached hydrogen (secondary N) is 1. The highest BCUT2D eigenvalue weighted by Gasteiger charge is 2.41. The Morgan fingerprint density at radius 3 is 2.56 bits per heavy atom. The lowest BCUT2D eigenvalue weighted by molar-refractivity contribution is -0.179. The van der Waals surface area contributed by atoms with Gasteiger partial charge < -0.3 is 15.3 Å². The summed E-state index contributed by atoms with van der Waals surface area (Å²) in [5, 5.41) is 22.4. The van der Waals surface area contributed by atoms with Crippen LogP contribution in [0.5, 0.6) is 0 Å². The molecule has 0 radical (unpaired) electrons. The van der Waals surface area contributed by atoms with E-state index >= 15 is 0 Å². The Labute approximate surface area is 209 Å². The van der Waals surface area contributed by atoms with Gasteiger partial charge in [0.2, 0.25) is 0 Å². The number of pyridine rings is 1. The molecule has 2 aromatic heterocycles. The first-order valence-electron chi connectivity index (χ1n) is 11.2. The molecule has 1 aromatic carbocycles. The third-order valence-electron chi connectivity index (χ3n) is 6.19. The van der Waals surface area contributed by atoms with E-state index in [0.29, 0.717) is 16.6 Å². The molecule has 2 N–H and O–H groups in total. The Bertz CT molecular complexity index is 1370. The van der Waals surface area contributed by atoms with Gasteiger partial charge in [0, 0.05) is 18.7 Å². The lowest BCUT2D eigenvalue weighted by Gasteiger charge is -2.34. The summed E-state index contributed by atoms with van der Waals surface area (Å²) in [4.78, 5) is 26.3. The van der Waals surface area contributed by atoms with Crippen molar-refractivity contribution in [3.63, 3.8) is 0 Å². The highest BCUT2D eigenvalue weighted by molar-refractivity contribution is 6.29. The predicted molar refractivity (Wildman–Crippen MR) is 128 cm³/mol. The smallest absolute Gasteiger partial charge is 0.391 e. The zero-order valence-corrected chi connectivity index (χ0v) is 20.2. The number of halogens is 4. The monoisotopic (exact) mass is 518 g/mol. The third kappa shape index (κ3) is 5.14. The van der Waals surface area contributed by atoms with E-state index in [2.05, 4.69) is 15.3 Å². The number of carbonyl (C=O) groups is 1. The fraction of sp³-hybridized carbons (Fsp3) is 0.375. The molecule has 0 spiro atoms. The van der Waals surface area contributed by atoms with Crippen LogP contribution in [0, 0.1) is 24.2 Å². The normalized spacial score (nSPS) is 15.5. The van der Waals surface area contributed by atoms with Crippen LogP contribution in [-0.4, -0.2) is 45.3 Å². The number of alkyl halides is 3. The number of nitriles is 1. The van der Waals surface area contributed by atoms with E-state index in [9.17, 15) is 28.3 Å². The summed E-state index contributed by atoms with van der Waals surface area (Å²) in [7, 11) is 0. The molecule has 0 saturated carbocycles. The van der Waals surface area contributed by atoms with Gasteiger partial charge in [-0.1, -0.05) is 17.7 Å². The van der Waals surface area contributed by atoms with Gasteiger partial charge >= 0.3 is 12.1 Å². The van der Waals surface area contributed by atoms with Gasteiger partial charge in [0.05, 0.1) is 28.7 Å². The van der Waals surface area contributed by atoms with Crippen molar-refractivity contribution in [2.45, 2.75) is 38.9 Å². The summed E-state index contributed by atoms with van der Waals surface area (Å²) < 4.78 is 39.4. The number of aromatic carboxylic acids is 1. The Morgan fingerprint density at radius 1 is 1.25 bits per heavy atom. The standard InChI is InChI=1S/C24H22ClF3N6O2/c1-12-9-15(13(2)30-16-3-4-19(25)32-21(16)23(35)36)20-17(10-12)31-18(11-29)22(33-20)34-7-5-14(6-8-34)24(26,27)28/h3-4,9-10,13-14,30H,5-8H2,1-2H3,(H,35,36)/t13-/m1/s1. The maximum Gasteiger partial charge on any atom is 0.391 e. The number of carboxylic acids is 1. The average molecular weight is 519 g/mol. The maximum absolute atomic E-state index is 13.1. The van der Waals surface area contributed by atoms with Gasteiger partial charge in [0.1, 0.15) is 11.2 Å². The molecule has 3 heterocycles. The highest BCUT2D eigenvalue weighted by atomic mass is 35.5.